The second kappa shape index (κ2) is 4.92. The van der Waals surface area contributed by atoms with Gasteiger partial charge in [-0.25, -0.2) is 0 Å². The highest BCUT2D eigenvalue weighted by molar-refractivity contribution is 6.35. The van der Waals surface area contributed by atoms with Gasteiger partial charge in [-0.1, -0.05) is 44.0 Å². The third kappa shape index (κ3) is 2.37. The fraction of sp³-hybridized carbons (Fsp3) is 0.357. The van der Waals surface area contributed by atoms with E-state index < -0.39 is 0 Å². The van der Waals surface area contributed by atoms with Gasteiger partial charge in [0.2, 0.25) is 0 Å². The number of rotatable bonds is 4. The van der Waals surface area contributed by atoms with Gasteiger partial charge in [-0.2, -0.15) is 0 Å². The number of carbonyl (C=O) groups is 1. The first-order valence-corrected chi connectivity index (χ1v) is 6.30. The number of halogens is 1. The Morgan fingerprint density at radius 1 is 1.47 bits per heavy atom. The maximum absolute atomic E-state index is 12.1. The minimum Gasteiger partial charge on any atom is -0.359 e. The third-order valence-corrected chi connectivity index (χ3v) is 3.51. The van der Waals surface area contributed by atoms with E-state index in [2.05, 4.69) is 18.8 Å². The SMILES string of the molecule is CCC(C)CC(=O)c1c[nH]c2c(Cl)cccc12. The number of benzene rings is 1. The predicted octanol–water partition coefficient (Wildman–Crippen LogP) is 4.44. The average Bonchev–Trinajstić information content (AvgIpc) is 2.74. The predicted molar refractivity (Wildman–Crippen MR) is 71.7 cm³/mol. The number of Topliss-reactive ketones (excluding diaryl/α,β-unsaturated/α-hetero) is 1. The van der Waals surface area contributed by atoms with E-state index in [9.17, 15) is 4.79 Å². The van der Waals surface area contributed by atoms with Gasteiger partial charge in [-0.15, -0.1) is 0 Å². The monoisotopic (exact) mass is 249 g/mol. The molecule has 1 aromatic carbocycles. The summed E-state index contributed by atoms with van der Waals surface area (Å²) in [5.41, 5.74) is 1.60. The largest absolute Gasteiger partial charge is 0.359 e. The molecule has 0 amide bonds. The molecule has 2 aromatic rings. The van der Waals surface area contributed by atoms with Crippen LogP contribution in [0.2, 0.25) is 5.02 Å². The maximum Gasteiger partial charge on any atom is 0.165 e. The Morgan fingerprint density at radius 2 is 2.24 bits per heavy atom. The van der Waals surface area contributed by atoms with E-state index in [1.807, 2.05) is 18.2 Å². The zero-order chi connectivity index (χ0) is 12.4. The third-order valence-electron chi connectivity index (χ3n) is 3.20. The summed E-state index contributed by atoms with van der Waals surface area (Å²) in [6.45, 7) is 4.20. The van der Waals surface area contributed by atoms with E-state index in [0.29, 0.717) is 17.4 Å². The first-order valence-electron chi connectivity index (χ1n) is 5.92. The molecule has 1 N–H and O–H groups in total. The highest BCUT2D eigenvalue weighted by atomic mass is 35.5. The summed E-state index contributed by atoms with van der Waals surface area (Å²) < 4.78 is 0. The first kappa shape index (κ1) is 12.2. The summed E-state index contributed by atoms with van der Waals surface area (Å²) in [6, 6.07) is 5.63. The van der Waals surface area contributed by atoms with E-state index in [4.69, 9.17) is 11.6 Å². The van der Waals surface area contributed by atoms with Crippen LogP contribution in [0.1, 0.15) is 37.0 Å². The van der Waals surface area contributed by atoms with Gasteiger partial charge in [-0.3, -0.25) is 4.79 Å². The number of hydrogen-bond donors (Lipinski definition) is 1. The van der Waals surface area contributed by atoms with Crippen LogP contribution in [0.15, 0.2) is 24.4 Å². The molecule has 2 rings (SSSR count). The van der Waals surface area contributed by atoms with Gasteiger partial charge in [0.05, 0.1) is 10.5 Å². The molecule has 1 atom stereocenters. The van der Waals surface area contributed by atoms with Gasteiger partial charge < -0.3 is 4.98 Å². The molecule has 3 heteroatoms. The second-order valence-corrected chi connectivity index (χ2v) is 4.91. The molecule has 2 nitrogen and oxygen atoms in total. The van der Waals surface area contributed by atoms with Gasteiger partial charge >= 0.3 is 0 Å². The quantitative estimate of drug-likeness (QED) is 0.799. The topological polar surface area (TPSA) is 32.9 Å². The molecule has 1 heterocycles. The van der Waals surface area contributed by atoms with E-state index in [1.165, 1.54) is 0 Å². The average molecular weight is 250 g/mol. The van der Waals surface area contributed by atoms with Gasteiger partial charge in [0, 0.05) is 23.6 Å². The molecule has 0 bridgehead atoms. The lowest BCUT2D eigenvalue weighted by Gasteiger charge is -2.06. The number of H-pyrrole nitrogens is 1. The Labute approximate surface area is 106 Å². The highest BCUT2D eigenvalue weighted by Gasteiger charge is 2.15. The summed E-state index contributed by atoms with van der Waals surface area (Å²) in [5.74, 6) is 0.611. The molecule has 1 aromatic heterocycles. The fourth-order valence-corrected chi connectivity index (χ4v) is 2.15. The van der Waals surface area contributed by atoms with Crippen LogP contribution >= 0.6 is 11.6 Å². The van der Waals surface area contributed by atoms with Crippen molar-refractivity contribution in [2.24, 2.45) is 5.92 Å². The van der Waals surface area contributed by atoms with Crippen molar-refractivity contribution in [3.8, 4) is 0 Å². The van der Waals surface area contributed by atoms with Crippen molar-refractivity contribution in [2.75, 3.05) is 0 Å². The molecule has 0 aliphatic carbocycles. The molecular formula is C14H16ClNO. The van der Waals surface area contributed by atoms with Gasteiger partial charge in [0.1, 0.15) is 0 Å². The number of nitrogens with one attached hydrogen (secondary N) is 1. The fourth-order valence-electron chi connectivity index (χ4n) is 1.92. The zero-order valence-corrected chi connectivity index (χ0v) is 10.8. The van der Waals surface area contributed by atoms with Crippen molar-refractivity contribution in [1.29, 1.82) is 0 Å². The minimum absolute atomic E-state index is 0.188. The van der Waals surface area contributed by atoms with Crippen LogP contribution in [0.5, 0.6) is 0 Å². The molecule has 0 spiro atoms. The van der Waals surface area contributed by atoms with Gasteiger partial charge in [-0.05, 0) is 12.0 Å². The molecule has 17 heavy (non-hydrogen) atoms. The highest BCUT2D eigenvalue weighted by Crippen LogP contribution is 2.26. The lowest BCUT2D eigenvalue weighted by atomic mass is 9.97. The number of fused-ring (bicyclic) bond motifs is 1. The lowest BCUT2D eigenvalue weighted by Crippen LogP contribution is -2.04. The van der Waals surface area contributed by atoms with Crippen LogP contribution < -0.4 is 0 Å². The molecular weight excluding hydrogens is 234 g/mol. The molecule has 0 saturated carbocycles. The zero-order valence-electron chi connectivity index (χ0n) is 10.1. The number of aromatic amines is 1. The molecule has 0 saturated heterocycles. The summed E-state index contributed by atoms with van der Waals surface area (Å²) in [5, 5.41) is 1.58. The molecule has 90 valence electrons. The van der Waals surface area contributed by atoms with Gasteiger partial charge in [0.25, 0.3) is 0 Å². The molecule has 0 aliphatic heterocycles. The van der Waals surface area contributed by atoms with Crippen LogP contribution in [-0.4, -0.2) is 10.8 Å². The minimum atomic E-state index is 0.188. The molecule has 1 unspecified atom stereocenters. The van der Waals surface area contributed by atoms with Crippen LogP contribution in [-0.2, 0) is 0 Å². The Morgan fingerprint density at radius 3 is 2.94 bits per heavy atom. The summed E-state index contributed by atoms with van der Waals surface area (Å²) in [6.07, 6.45) is 3.38. The Bertz CT molecular complexity index is 544. The van der Waals surface area contributed by atoms with Gasteiger partial charge in [0.15, 0.2) is 5.78 Å². The molecule has 0 radical (unpaired) electrons. The smallest absolute Gasteiger partial charge is 0.165 e. The van der Waals surface area contributed by atoms with E-state index in [0.717, 1.165) is 22.9 Å². The normalized spacial score (nSPS) is 12.9. The molecule has 0 aliphatic rings. The lowest BCUT2D eigenvalue weighted by molar-refractivity contribution is 0.0965. The van der Waals surface area contributed by atoms with Crippen molar-refractivity contribution in [2.45, 2.75) is 26.7 Å². The van der Waals surface area contributed by atoms with Crippen molar-refractivity contribution < 1.29 is 4.79 Å². The number of ketones is 1. The van der Waals surface area contributed by atoms with Crippen LogP contribution in [0.25, 0.3) is 10.9 Å². The van der Waals surface area contributed by atoms with Crippen LogP contribution in [0, 0.1) is 5.92 Å². The summed E-state index contributed by atoms with van der Waals surface area (Å²) in [4.78, 5) is 15.2. The van der Waals surface area contributed by atoms with Crippen LogP contribution in [0.3, 0.4) is 0 Å². The van der Waals surface area contributed by atoms with Crippen molar-refractivity contribution in [3.63, 3.8) is 0 Å². The van der Waals surface area contributed by atoms with E-state index >= 15 is 0 Å². The number of aromatic nitrogens is 1. The van der Waals surface area contributed by atoms with E-state index in [-0.39, 0.29) is 5.78 Å². The Kier molecular flexibility index (Phi) is 3.53. The first-order chi connectivity index (χ1) is 8.13. The number of carbonyl (C=O) groups excluding carboxylic acids is 1. The van der Waals surface area contributed by atoms with Crippen LogP contribution in [0.4, 0.5) is 0 Å². The van der Waals surface area contributed by atoms with Crippen molar-refractivity contribution in [1.82, 2.24) is 4.98 Å². The Balaban J connectivity index is 2.36. The van der Waals surface area contributed by atoms with E-state index in [1.54, 1.807) is 6.20 Å². The maximum atomic E-state index is 12.1. The second-order valence-electron chi connectivity index (χ2n) is 4.51. The summed E-state index contributed by atoms with van der Waals surface area (Å²) in [7, 11) is 0. The Hall–Kier alpha value is -1.28. The van der Waals surface area contributed by atoms with Crippen molar-refractivity contribution >= 4 is 28.3 Å². The number of hydrogen-bond acceptors (Lipinski definition) is 1. The summed E-state index contributed by atoms with van der Waals surface area (Å²) >= 11 is 6.07. The standard InChI is InChI=1S/C14H16ClNO/c1-3-9(2)7-13(17)11-8-16-14-10(11)5-4-6-12(14)15/h4-6,8-9,16H,3,7H2,1-2H3. The van der Waals surface area contributed by atoms with Crippen molar-refractivity contribution in [3.05, 3.63) is 35.0 Å². The molecule has 0 fully saturated rings. The number of para-hydroxylation sites is 1.